The van der Waals surface area contributed by atoms with Crippen LogP contribution in [-0.2, 0) is 6.61 Å². The molecule has 0 radical (unpaired) electrons. The standard InChI is InChI=1S/C22H18Cl3NO3/c1-27-18-7-5-17(6-8-18)26-12-14-9-20(25)22(21(10-14)28-2)29-13-15-3-4-16(23)11-19(15)24/h3-12H,13H2,1-2H3. The van der Waals surface area contributed by atoms with Crippen LogP contribution in [0.25, 0.3) is 0 Å². The quantitative estimate of drug-likeness (QED) is 0.364. The van der Waals surface area contributed by atoms with E-state index in [9.17, 15) is 0 Å². The summed E-state index contributed by atoms with van der Waals surface area (Å²) in [6.45, 7) is 0.228. The topological polar surface area (TPSA) is 40.0 Å². The third-order valence-corrected chi connectivity index (χ3v) is 4.94. The number of halogens is 3. The van der Waals surface area contributed by atoms with Gasteiger partial charge in [-0.2, -0.15) is 0 Å². The maximum atomic E-state index is 6.43. The van der Waals surface area contributed by atoms with Gasteiger partial charge in [-0.3, -0.25) is 4.99 Å². The van der Waals surface area contributed by atoms with Crippen molar-refractivity contribution >= 4 is 46.7 Å². The van der Waals surface area contributed by atoms with Crippen molar-refractivity contribution in [1.82, 2.24) is 0 Å². The molecule has 0 bridgehead atoms. The molecule has 0 saturated heterocycles. The SMILES string of the molecule is COc1ccc(N=Cc2cc(Cl)c(OCc3ccc(Cl)cc3Cl)c(OC)c2)cc1. The highest BCUT2D eigenvalue weighted by molar-refractivity contribution is 6.35. The number of benzene rings is 3. The lowest BCUT2D eigenvalue weighted by Crippen LogP contribution is -2.00. The molecule has 7 heteroatoms. The van der Waals surface area contributed by atoms with Gasteiger partial charge >= 0.3 is 0 Å². The second-order valence-electron chi connectivity index (χ2n) is 6.01. The molecule has 0 aliphatic carbocycles. The van der Waals surface area contributed by atoms with Crippen molar-refractivity contribution < 1.29 is 14.2 Å². The lowest BCUT2D eigenvalue weighted by molar-refractivity contribution is 0.285. The van der Waals surface area contributed by atoms with Crippen LogP contribution in [0, 0.1) is 0 Å². The minimum atomic E-state index is 0.228. The van der Waals surface area contributed by atoms with Crippen LogP contribution in [-0.4, -0.2) is 20.4 Å². The minimum Gasteiger partial charge on any atom is -0.497 e. The van der Waals surface area contributed by atoms with Gasteiger partial charge in [0.2, 0.25) is 0 Å². The fraction of sp³-hybridized carbons (Fsp3) is 0.136. The zero-order valence-electron chi connectivity index (χ0n) is 15.8. The average Bonchev–Trinajstić information content (AvgIpc) is 2.72. The normalized spacial score (nSPS) is 10.9. The molecule has 0 aromatic heterocycles. The van der Waals surface area contributed by atoms with Crippen LogP contribution in [0.4, 0.5) is 5.69 Å². The Morgan fingerprint density at radius 1 is 0.862 bits per heavy atom. The van der Waals surface area contributed by atoms with Crippen molar-refractivity contribution in [2.75, 3.05) is 14.2 Å². The van der Waals surface area contributed by atoms with Crippen LogP contribution in [0.2, 0.25) is 15.1 Å². The summed E-state index contributed by atoms with van der Waals surface area (Å²) < 4.78 is 16.5. The Hall–Kier alpha value is -2.40. The van der Waals surface area contributed by atoms with Crippen LogP contribution in [0.15, 0.2) is 59.6 Å². The zero-order valence-corrected chi connectivity index (χ0v) is 18.1. The van der Waals surface area contributed by atoms with E-state index in [0.29, 0.717) is 26.6 Å². The predicted octanol–water partition coefficient (Wildman–Crippen LogP) is 6.99. The van der Waals surface area contributed by atoms with Gasteiger partial charge in [0.15, 0.2) is 11.5 Å². The molecule has 0 saturated carbocycles. The van der Waals surface area contributed by atoms with E-state index in [2.05, 4.69) is 4.99 Å². The number of aliphatic imine (C=N–C) groups is 1. The predicted molar refractivity (Wildman–Crippen MR) is 119 cm³/mol. The van der Waals surface area contributed by atoms with E-state index in [1.54, 1.807) is 50.8 Å². The second kappa shape index (κ2) is 9.88. The van der Waals surface area contributed by atoms with E-state index in [0.717, 1.165) is 22.6 Å². The summed E-state index contributed by atoms with van der Waals surface area (Å²) >= 11 is 18.6. The third kappa shape index (κ3) is 5.57. The Balaban J connectivity index is 1.78. The molecule has 0 atom stereocenters. The monoisotopic (exact) mass is 449 g/mol. The highest BCUT2D eigenvalue weighted by Gasteiger charge is 2.13. The highest BCUT2D eigenvalue weighted by atomic mass is 35.5. The molecule has 0 heterocycles. The molecule has 0 unspecified atom stereocenters. The van der Waals surface area contributed by atoms with E-state index < -0.39 is 0 Å². The number of methoxy groups -OCH3 is 2. The smallest absolute Gasteiger partial charge is 0.180 e. The number of hydrogen-bond donors (Lipinski definition) is 0. The van der Waals surface area contributed by atoms with Crippen molar-refractivity contribution in [3.8, 4) is 17.2 Å². The number of hydrogen-bond acceptors (Lipinski definition) is 4. The van der Waals surface area contributed by atoms with E-state index in [-0.39, 0.29) is 6.61 Å². The molecule has 4 nitrogen and oxygen atoms in total. The molecule has 0 amide bonds. The molecule has 3 rings (SSSR count). The Kier molecular flexibility index (Phi) is 7.26. The van der Waals surface area contributed by atoms with Crippen molar-refractivity contribution in [1.29, 1.82) is 0 Å². The van der Waals surface area contributed by atoms with E-state index in [1.165, 1.54) is 0 Å². The average molecular weight is 451 g/mol. The molecule has 150 valence electrons. The summed E-state index contributed by atoms with van der Waals surface area (Å²) in [7, 11) is 3.18. The Morgan fingerprint density at radius 2 is 1.62 bits per heavy atom. The van der Waals surface area contributed by atoms with E-state index in [1.807, 2.05) is 24.3 Å². The lowest BCUT2D eigenvalue weighted by Gasteiger charge is -2.14. The lowest BCUT2D eigenvalue weighted by atomic mass is 10.2. The minimum absolute atomic E-state index is 0.228. The molecular weight excluding hydrogens is 433 g/mol. The van der Waals surface area contributed by atoms with E-state index >= 15 is 0 Å². The third-order valence-electron chi connectivity index (χ3n) is 4.07. The first kappa shape index (κ1) is 21.3. The summed E-state index contributed by atoms with van der Waals surface area (Å²) in [5.41, 5.74) is 2.36. The molecule has 3 aromatic rings. The van der Waals surface area contributed by atoms with Gasteiger partial charge in [-0.1, -0.05) is 40.9 Å². The van der Waals surface area contributed by atoms with Crippen LogP contribution in [0.5, 0.6) is 17.2 Å². The molecule has 0 aliphatic rings. The van der Waals surface area contributed by atoms with Crippen LogP contribution < -0.4 is 14.2 Å². The van der Waals surface area contributed by atoms with Crippen molar-refractivity contribution in [3.05, 3.63) is 80.8 Å². The van der Waals surface area contributed by atoms with Gasteiger partial charge in [0, 0.05) is 21.8 Å². The largest absolute Gasteiger partial charge is 0.497 e. The van der Waals surface area contributed by atoms with Gasteiger partial charge in [-0.05, 0) is 54.1 Å². The van der Waals surface area contributed by atoms with Gasteiger partial charge in [-0.25, -0.2) is 0 Å². The molecule has 0 aliphatic heterocycles. The Morgan fingerprint density at radius 3 is 2.28 bits per heavy atom. The fourth-order valence-corrected chi connectivity index (χ4v) is 3.30. The van der Waals surface area contributed by atoms with Gasteiger partial charge in [0.25, 0.3) is 0 Å². The summed E-state index contributed by atoms with van der Waals surface area (Å²) in [5.74, 6) is 1.71. The van der Waals surface area contributed by atoms with Crippen molar-refractivity contribution in [3.63, 3.8) is 0 Å². The van der Waals surface area contributed by atoms with E-state index in [4.69, 9.17) is 49.0 Å². The van der Waals surface area contributed by atoms with Crippen LogP contribution in [0.1, 0.15) is 11.1 Å². The molecule has 3 aromatic carbocycles. The number of rotatable bonds is 7. The second-order valence-corrected chi connectivity index (χ2v) is 7.27. The summed E-state index contributed by atoms with van der Waals surface area (Å²) in [5, 5.41) is 1.50. The summed E-state index contributed by atoms with van der Waals surface area (Å²) in [6, 6.07) is 16.2. The molecular formula is C22H18Cl3NO3. The first-order valence-electron chi connectivity index (χ1n) is 8.62. The van der Waals surface area contributed by atoms with Crippen LogP contribution >= 0.6 is 34.8 Å². The van der Waals surface area contributed by atoms with Crippen molar-refractivity contribution in [2.45, 2.75) is 6.61 Å². The first-order valence-corrected chi connectivity index (χ1v) is 9.76. The van der Waals surface area contributed by atoms with Gasteiger partial charge in [0.1, 0.15) is 12.4 Å². The molecule has 0 spiro atoms. The Labute approximate surface area is 184 Å². The summed E-state index contributed by atoms with van der Waals surface area (Å²) in [4.78, 5) is 4.45. The zero-order chi connectivity index (χ0) is 20.8. The molecule has 0 fully saturated rings. The molecule has 29 heavy (non-hydrogen) atoms. The maximum absolute atomic E-state index is 6.43. The first-order chi connectivity index (χ1) is 14.0. The van der Waals surface area contributed by atoms with Gasteiger partial charge < -0.3 is 14.2 Å². The molecule has 0 N–H and O–H groups in total. The maximum Gasteiger partial charge on any atom is 0.180 e. The van der Waals surface area contributed by atoms with Gasteiger partial charge in [-0.15, -0.1) is 0 Å². The highest BCUT2D eigenvalue weighted by Crippen LogP contribution is 2.37. The summed E-state index contributed by atoms with van der Waals surface area (Å²) in [6.07, 6.45) is 1.70. The fourth-order valence-electron chi connectivity index (χ4n) is 2.56. The number of ether oxygens (including phenoxy) is 3. The van der Waals surface area contributed by atoms with Gasteiger partial charge in [0.05, 0.1) is 24.9 Å². The number of nitrogens with zero attached hydrogens (tertiary/aromatic N) is 1. The van der Waals surface area contributed by atoms with Crippen molar-refractivity contribution in [2.24, 2.45) is 4.99 Å². The van der Waals surface area contributed by atoms with Crippen LogP contribution in [0.3, 0.4) is 0 Å². The Bertz CT molecular complexity index is 1020.